The molecule has 0 aliphatic heterocycles. The molecular weight excluding hydrogens is 254 g/mol. The highest BCUT2D eigenvalue weighted by molar-refractivity contribution is 6.04. The highest BCUT2D eigenvalue weighted by atomic mass is 16.3. The van der Waals surface area contributed by atoms with Gasteiger partial charge in [0.25, 0.3) is 5.91 Å². The number of nitrogens with two attached hydrogens (primary N) is 1. The summed E-state index contributed by atoms with van der Waals surface area (Å²) >= 11 is 0. The monoisotopic (exact) mass is 267 g/mol. The lowest BCUT2D eigenvalue weighted by Gasteiger charge is -2.02. The van der Waals surface area contributed by atoms with Gasteiger partial charge < -0.3 is 15.5 Å². The lowest BCUT2D eigenvalue weighted by atomic mass is 10.2. The number of furan rings is 1. The SMILES string of the molecule is NCc1ccc(NC(=O)c2cc3ccccc3o2)nc1. The Morgan fingerprint density at radius 1 is 1.25 bits per heavy atom. The Bertz CT molecular complexity index is 714. The summed E-state index contributed by atoms with van der Waals surface area (Å²) in [5.74, 6) is 0.401. The van der Waals surface area contributed by atoms with E-state index in [1.165, 1.54) is 0 Å². The van der Waals surface area contributed by atoms with Crippen LogP contribution in [0.1, 0.15) is 16.1 Å². The van der Waals surface area contributed by atoms with Crippen molar-refractivity contribution in [3.8, 4) is 0 Å². The fourth-order valence-corrected chi connectivity index (χ4v) is 1.89. The molecule has 0 unspecified atom stereocenters. The van der Waals surface area contributed by atoms with Crippen molar-refractivity contribution in [2.75, 3.05) is 5.32 Å². The van der Waals surface area contributed by atoms with Crippen molar-refractivity contribution in [2.24, 2.45) is 5.73 Å². The number of carbonyl (C=O) groups excluding carboxylic acids is 1. The predicted octanol–water partition coefficient (Wildman–Crippen LogP) is 2.54. The van der Waals surface area contributed by atoms with Crippen LogP contribution >= 0.6 is 0 Å². The van der Waals surface area contributed by atoms with Crippen LogP contribution in [-0.4, -0.2) is 10.9 Å². The Balaban J connectivity index is 1.81. The van der Waals surface area contributed by atoms with E-state index in [1.54, 1.807) is 18.3 Å². The summed E-state index contributed by atoms with van der Waals surface area (Å²) in [6.07, 6.45) is 1.63. The number of nitrogens with one attached hydrogen (secondary N) is 1. The van der Waals surface area contributed by atoms with E-state index < -0.39 is 0 Å². The smallest absolute Gasteiger partial charge is 0.292 e. The Hall–Kier alpha value is -2.66. The number of para-hydroxylation sites is 1. The molecule has 0 aliphatic rings. The van der Waals surface area contributed by atoms with Gasteiger partial charge in [0.05, 0.1) is 0 Å². The fraction of sp³-hybridized carbons (Fsp3) is 0.0667. The molecule has 0 fully saturated rings. The molecule has 0 bridgehead atoms. The van der Waals surface area contributed by atoms with Gasteiger partial charge in [0.15, 0.2) is 5.76 Å². The molecule has 0 saturated heterocycles. The lowest BCUT2D eigenvalue weighted by molar-refractivity contribution is 0.0998. The molecular formula is C15H13N3O2. The van der Waals surface area contributed by atoms with Crippen LogP contribution in [0.15, 0.2) is 53.1 Å². The highest BCUT2D eigenvalue weighted by Gasteiger charge is 2.12. The van der Waals surface area contributed by atoms with Gasteiger partial charge in [-0.15, -0.1) is 0 Å². The van der Waals surface area contributed by atoms with E-state index in [9.17, 15) is 4.79 Å². The van der Waals surface area contributed by atoms with Crippen molar-refractivity contribution in [2.45, 2.75) is 6.54 Å². The molecule has 20 heavy (non-hydrogen) atoms. The standard InChI is InChI=1S/C15H13N3O2/c16-8-10-5-6-14(17-9-10)18-15(19)13-7-11-3-1-2-4-12(11)20-13/h1-7,9H,8,16H2,(H,17,18,19). The van der Waals surface area contributed by atoms with Crippen molar-refractivity contribution in [3.63, 3.8) is 0 Å². The van der Waals surface area contributed by atoms with Crippen LogP contribution in [0.5, 0.6) is 0 Å². The van der Waals surface area contributed by atoms with E-state index in [2.05, 4.69) is 10.3 Å². The van der Waals surface area contributed by atoms with Crippen LogP contribution in [0.2, 0.25) is 0 Å². The predicted molar refractivity (Wildman–Crippen MR) is 76.3 cm³/mol. The first kappa shape index (κ1) is 12.4. The van der Waals surface area contributed by atoms with Crippen LogP contribution in [0.3, 0.4) is 0 Å². The number of fused-ring (bicyclic) bond motifs is 1. The van der Waals surface area contributed by atoms with Crippen LogP contribution in [0, 0.1) is 0 Å². The fourth-order valence-electron chi connectivity index (χ4n) is 1.89. The van der Waals surface area contributed by atoms with Crippen molar-refractivity contribution in [1.29, 1.82) is 0 Å². The second-order valence-corrected chi connectivity index (χ2v) is 4.36. The zero-order valence-corrected chi connectivity index (χ0v) is 10.7. The van der Waals surface area contributed by atoms with E-state index in [0.717, 1.165) is 10.9 Å². The van der Waals surface area contributed by atoms with E-state index in [0.29, 0.717) is 17.9 Å². The minimum absolute atomic E-state index is 0.260. The summed E-state index contributed by atoms with van der Waals surface area (Å²) in [4.78, 5) is 16.2. The molecule has 3 rings (SSSR count). The number of nitrogens with zero attached hydrogens (tertiary/aromatic N) is 1. The summed E-state index contributed by atoms with van der Waals surface area (Å²) in [6.45, 7) is 0.421. The first-order chi connectivity index (χ1) is 9.76. The van der Waals surface area contributed by atoms with Crippen LogP contribution in [0.25, 0.3) is 11.0 Å². The molecule has 0 atom stereocenters. The van der Waals surface area contributed by atoms with Gasteiger partial charge in [-0.2, -0.15) is 0 Å². The summed E-state index contributed by atoms with van der Waals surface area (Å²) < 4.78 is 5.49. The Kier molecular flexibility index (Phi) is 3.18. The van der Waals surface area contributed by atoms with Gasteiger partial charge in [0.2, 0.25) is 0 Å². The normalized spacial score (nSPS) is 10.7. The Morgan fingerprint density at radius 3 is 2.80 bits per heavy atom. The minimum atomic E-state index is -0.325. The van der Waals surface area contributed by atoms with Crippen molar-refractivity contribution in [1.82, 2.24) is 4.98 Å². The third-order valence-corrected chi connectivity index (χ3v) is 2.95. The van der Waals surface area contributed by atoms with Gasteiger partial charge in [-0.05, 0) is 23.8 Å². The number of amides is 1. The molecule has 100 valence electrons. The zero-order valence-electron chi connectivity index (χ0n) is 10.7. The number of hydrogen-bond acceptors (Lipinski definition) is 4. The summed E-state index contributed by atoms with van der Waals surface area (Å²) in [5, 5.41) is 3.58. The van der Waals surface area contributed by atoms with Crippen molar-refractivity contribution < 1.29 is 9.21 Å². The number of hydrogen-bond donors (Lipinski definition) is 2. The Morgan fingerprint density at radius 2 is 2.10 bits per heavy atom. The van der Waals surface area contributed by atoms with Gasteiger partial charge in [-0.1, -0.05) is 24.3 Å². The molecule has 0 radical (unpaired) electrons. The third kappa shape index (κ3) is 2.39. The second-order valence-electron chi connectivity index (χ2n) is 4.36. The molecule has 0 spiro atoms. The maximum atomic E-state index is 12.1. The topological polar surface area (TPSA) is 81.1 Å². The average molecular weight is 267 g/mol. The number of aromatic nitrogens is 1. The number of anilines is 1. The molecule has 3 N–H and O–H groups in total. The van der Waals surface area contributed by atoms with Gasteiger partial charge >= 0.3 is 0 Å². The molecule has 5 heteroatoms. The van der Waals surface area contributed by atoms with E-state index in [4.69, 9.17) is 10.2 Å². The molecule has 1 amide bonds. The quantitative estimate of drug-likeness (QED) is 0.764. The summed E-state index contributed by atoms with van der Waals surface area (Å²) in [7, 11) is 0. The zero-order chi connectivity index (χ0) is 13.9. The minimum Gasteiger partial charge on any atom is -0.451 e. The van der Waals surface area contributed by atoms with Gasteiger partial charge in [0.1, 0.15) is 11.4 Å². The molecule has 0 aliphatic carbocycles. The van der Waals surface area contributed by atoms with Gasteiger partial charge in [-0.3, -0.25) is 4.79 Å². The maximum Gasteiger partial charge on any atom is 0.292 e. The molecule has 5 nitrogen and oxygen atoms in total. The molecule has 3 aromatic rings. The number of carbonyl (C=O) groups is 1. The molecule has 2 aromatic heterocycles. The Labute approximate surface area is 115 Å². The van der Waals surface area contributed by atoms with Crippen LogP contribution in [0.4, 0.5) is 5.82 Å². The number of pyridine rings is 1. The van der Waals surface area contributed by atoms with E-state index >= 15 is 0 Å². The van der Waals surface area contributed by atoms with Crippen LogP contribution in [-0.2, 0) is 6.54 Å². The molecule has 1 aromatic carbocycles. The molecule has 0 saturated carbocycles. The van der Waals surface area contributed by atoms with E-state index in [1.807, 2.05) is 30.3 Å². The largest absolute Gasteiger partial charge is 0.451 e. The van der Waals surface area contributed by atoms with Crippen molar-refractivity contribution in [3.05, 3.63) is 60.0 Å². The molecule has 2 heterocycles. The maximum absolute atomic E-state index is 12.1. The van der Waals surface area contributed by atoms with Crippen LogP contribution < -0.4 is 11.1 Å². The number of rotatable bonds is 3. The lowest BCUT2D eigenvalue weighted by Crippen LogP contribution is -2.12. The average Bonchev–Trinajstić information content (AvgIpc) is 2.92. The van der Waals surface area contributed by atoms with E-state index in [-0.39, 0.29) is 11.7 Å². The first-order valence-electron chi connectivity index (χ1n) is 6.21. The van der Waals surface area contributed by atoms with Gasteiger partial charge in [-0.25, -0.2) is 4.98 Å². The van der Waals surface area contributed by atoms with Gasteiger partial charge in [0, 0.05) is 18.1 Å². The number of benzene rings is 1. The first-order valence-corrected chi connectivity index (χ1v) is 6.21. The summed E-state index contributed by atoms with van der Waals surface area (Å²) in [6, 6.07) is 12.7. The summed E-state index contributed by atoms with van der Waals surface area (Å²) in [5.41, 5.74) is 7.09. The van der Waals surface area contributed by atoms with Crippen molar-refractivity contribution >= 4 is 22.7 Å². The third-order valence-electron chi connectivity index (χ3n) is 2.95. The highest BCUT2D eigenvalue weighted by Crippen LogP contribution is 2.19. The second kappa shape index (κ2) is 5.14.